The molecule has 0 aliphatic heterocycles. The molecule has 0 unspecified atom stereocenters. The van der Waals surface area contributed by atoms with Gasteiger partial charge in [0.15, 0.2) is 0 Å². The van der Waals surface area contributed by atoms with Gasteiger partial charge >= 0.3 is 0 Å². The van der Waals surface area contributed by atoms with Crippen LogP contribution in [0.2, 0.25) is 0 Å². The van der Waals surface area contributed by atoms with Crippen LogP contribution in [-0.2, 0) is 17.8 Å². The smallest absolute Gasteiger partial charge is 0.231 e. The highest BCUT2D eigenvalue weighted by Crippen LogP contribution is 2.19. The zero-order chi connectivity index (χ0) is 17.9. The molecule has 2 heterocycles. The maximum absolute atomic E-state index is 12.5. The van der Waals surface area contributed by atoms with Gasteiger partial charge in [-0.05, 0) is 36.8 Å². The Bertz CT molecular complexity index is 1050. The van der Waals surface area contributed by atoms with Gasteiger partial charge in [-0.2, -0.15) is 5.10 Å². The molecule has 6 nitrogen and oxygen atoms in total. The Hall–Kier alpha value is -3.41. The molecule has 2 aromatic carbocycles. The predicted molar refractivity (Wildman–Crippen MR) is 101 cm³/mol. The van der Waals surface area contributed by atoms with E-state index in [-0.39, 0.29) is 12.3 Å². The molecule has 1 N–H and O–H groups in total. The number of nitrogens with zero attached hydrogens (tertiary/aromatic N) is 4. The number of carbonyl (C=O) groups excluding carboxylic acids is 1. The monoisotopic (exact) mass is 345 g/mol. The molecule has 130 valence electrons. The zero-order valence-corrected chi connectivity index (χ0v) is 14.5. The molecule has 1 amide bonds. The Labute approximate surface area is 151 Å². The number of carbonyl (C=O) groups is 1. The van der Waals surface area contributed by atoms with Gasteiger partial charge in [0.1, 0.15) is 0 Å². The van der Waals surface area contributed by atoms with Crippen molar-refractivity contribution >= 4 is 22.9 Å². The average molecular weight is 345 g/mol. The van der Waals surface area contributed by atoms with E-state index in [0.717, 1.165) is 28.8 Å². The molecule has 0 saturated heterocycles. The van der Waals surface area contributed by atoms with Gasteiger partial charge in [0, 0.05) is 12.7 Å². The van der Waals surface area contributed by atoms with E-state index < -0.39 is 0 Å². The Balaban J connectivity index is 1.50. The van der Waals surface area contributed by atoms with Gasteiger partial charge in [-0.1, -0.05) is 30.3 Å². The van der Waals surface area contributed by atoms with E-state index in [1.807, 2.05) is 72.3 Å². The Morgan fingerprint density at radius 3 is 2.65 bits per heavy atom. The summed E-state index contributed by atoms with van der Waals surface area (Å²) in [5.41, 5.74) is 3.71. The molecule has 4 rings (SSSR count). The summed E-state index contributed by atoms with van der Waals surface area (Å²) in [6.45, 7) is 2.77. The number of benzene rings is 2. The summed E-state index contributed by atoms with van der Waals surface area (Å²) >= 11 is 0. The van der Waals surface area contributed by atoms with Gasteiger partial charge in [0.05, 0.1) is 29.3 Å². The summed E-state index contributed by atoms with van der Waals surface area (Å²) in [5.74, 6) is 0.469. The average Bonchev–Trinajstić information content (AvgIpc) is 3.26. The summed E-state index contributed by atoms with van der Waals surface area (Å²) in [7, 11) is 0. The Kier molecular flexibility index (Phi) is 4.23. The summed E-state index contributed by atoms with van der Waals surface area (Å²) in [5, 5.41) is 7.26. The number of anilines is 1. The van der Waals surface area contributed by atoms with Crippen molar-refractivity contribution in [3.05, 3.63) is 72.6 Å². The number of hydrogen-bond acceptors (Lipinski definition) is 3. The fraction of sp³-hybridized carbons (Fsp3) is 0.150. The third-order valence-electron chi connectivity index (χ3n) is 4.24. The maximum atomic E-state index is 12.5. The lowest BCUT2D eigenvalue weighted by Gasteiger charge is -2.07. The molecule has 0 bridgehead atoms. The van der Waals surface area contributed by atoms with E-state index >= 15 is 0 Å². The number of aryl methyl sites for hydroxylation is 1. The second kappa shape index (κ2) is 6.84. The lowest BCUT2D eigenvalue weighted by Crippen LogP contribution is -2.17. The number of fused-ring (bicyclic) bond motifs is 1. The van der Waals surface area contributed by atoms with Gasteiger partial charge in [-0.15, -0.1) is 0 Å². The number of hydrogen-bond donors (Lipinski definition) is 1. The summed E-state index contributed by atoms with van der Waals surface area (Å²) in [6, 6.07) is 17.7. The number of nitrogens with one attached hydrogen (secondary N) is 1. The predicted octanol–water partition coefficient (Wildman–Crippen LogP) is 3.42. The highest BCUT2D eigenvalue weighted by atomic mass is 16.1. The number of imidazole rings is 1. The zero-order valence-electron chi connectivity index (χ0n) is 14.5. The van der Waals surface area contributed by atoms with Crippen molar-refractivity contribution in [1.29, 1.82) is 0 Å². The third kappa shape index (κ3) is 3.09. The molecule has 26 heavy (non-hydrogen) atoms. The minimum absolute atomic E-state index is 0.109. The molecular formula is C20H19N5O. The molecule has 6 heteroatoms. The van der Waals surface area contributed by atoms with Crippen molar-refractivity contribution in [2.45, 2.75) is 19.9 Å². The first kappa shape index (κ1) is 16.1. The van der Waals surface area contributed by atoms with E-state index in [9.17, 15) is 4.79 Å². The standard InChI is InChI=1S/C20H19N5O/c1-2-24-18-11-7-6-10-17(18)22-20(24)23-19(26)12-15-13-21-25(14-15)16-8-4-3-5-9-16/h3-11,13-14H,2,12H2,1H3,(H,22,23,26). The van der Waals surface area contributed by atoms with Crippen molar-refractivity contribution in [3.8, 4) is 5.69 Å². The second-order valence-electron chi connectivity index (χ2n) is 6.02. The SMILES string of the molecule is CCn1c(NC(=O)Cc2cnn(-c3ccccc3)c2)nc2ccccc21. The number of rotatable bonds is 5. The fourth-order valence-electron chi connectivity index (χ4n) is 3.02. The van der Waals surface area contributed by atoms with Crippen molar-refractivity contribution in [2.75, 3.05) is 5.32 Å². The molecule has 0 spiro atoms. The maximum Gasteiger partial charge on any atom is 0.231 e. The largest absolute Gasteiger partial charge is 0.310 e. The van der Waals surface area contributed by atoms with Crippen molar-refractivity contribution in [1.82, 2.24) is 19.3 Å². The van der Waals surface area contributed by atoms with Crippen LogP contribution >= 0.6 is 0 Å². The molecule has 0 saturated carbocycles. The first-order valence-corrected chi connectivity index (χ1v) is 8.58. The van der Waals surface area contributed by atoms with Gasteiger partial charge in [-0.25, -0.2) is 9.67 Å². The molecule has 0 fully saturated rings. The van der Waals surface area contributed by atoms with Gasteiger partial charge in [0.25, 0.3) is 0 Å². The Morgan fingerprint density at radius 1 is 1.08 bits per heavy atom. The normalized spacial score (nSPS) is 11.0. The highest BCUT2D eigenvalue weighted by molar-refractivity contribution is 5.92. The van der Waals surface area contributed by atoms with Crippen molar-refractivity contribution in [2.24, 2.45) is 0 Å². The lowest BCUT2D eigenvalue weighted by atomic mass is 10.2. The van der Waals surface area contributed by atoms with Crippen LogP contribution in [0.3, 0.4) is 0 Å². The van der Waals surface area contributed by atoms with Gasteiger partial charge in [0.2, 0.25) is 11.9 Å². The van der Waals surface area contributed by atoms with Crippen LogP contribution in [-0.4, -0.2) is 25.2 Å². The van der Waals surface area contributed by atoms with Crippen LogP contribution < -0.4 is 5.32 Å². The van der Waals surface area contributed by atoms with Crippen LogP contribution in [0.1, 0.15) is 12.5 Å². The molecular weight excluding hydrogens is 326 g/mol. The first-order chi connectivity index (χ1) is 12.7. The summed E-state index contributed by atoms with van der Waals surface area (Å²) in [6.07, 6.45) is 3.84. The van der Waals surface area contributed by atoms with Crippen LogP contribution in [0.25, 0.3) is 16.7 Å². The lowest BCUT2D eigenvalue weighted by molar-refractivity contribution is -0.115. The van der Waals surface area contributed by atoms with E-state index in [1.54, 1.807) is 10.9 Å². The number of para-hydroxylation sites is 3. The van der Waals surface area contributed by atoms with Crippen LogP contribution in [0.5, 0.6) is 0 Å². The molecule has 0 atom stereocenters. The van der Waals surface area contributed by atoms with Crippen LogP contribution in [0.4, 0.5) is 5.95 Å². The summed E-state index contributed by atoms with van der Waals surface area (Å²) < 4.78 is 3.77. The third-order valence-corrected chi connectivity index (χ3v) is 4.24. The first-order valence-electron chi connectivity index (χ1n) is 8.58. The molecule has 4 aromatic rings. The highest BCUT2D eigenvalue weighted by Gasteiger charge is 2.13. The minimum Gasteiger partial charge on any atom is -0.310 e. The van der Waals surface area contributed by atoms with Crippen LogP contribution in [0, 0.1) is 0 Å². The fourth-order valence-corrected chi connectivity index (χ4v) is 3.02. The molecule has 0 radical (unpaired) electrons. The van der Waals surface area contributed by atoms with Crippen LogP contribution in [0.15, 0.2) is 67.0 Å². The number of amides is 1. The van der Waals surface area contributed by atoms with Crippen molar-refractivity contribution in [3.63, 3.8) is 0 Å². The summed E-state index contributed by atoms with van der Waals surface area (Å²) in [4.78, 5) is 17.0. The quantitative estimate of drug-likeness (QED) is 0.603. The van der Waals surface area contributed by atoms with Gasteiger partial charge < -0.3 is 4.57 Å². The minimum atomic E-state index is -0.109. The molecule has 0 aliphatic rings. The van der Waals surface area contributed by atoms with E-state index in [2.05, 4.69) is 15.4 Å². The van der Waals surface area contributed by atoms with E-state index in [0.29, 0.717) is 5.95 Å². The van der Waals surface area contributed by atoms with Crippen molar-refractivity contribution < 1.29 is 4.79 Å². The molecule has 0 aliphatic carbocycles. The van der Waals surface area contributed by atoms with E-state index in [1.165, 1.54) is 0 Å². The van der Waals surface area contributed by atoms with E-state index in [4.69, 9.17) is 0 Å². The van der Waals surface area contributed by atoms with Gasteiger partial charge in [-0.3, -0.25) is 10.1 Å². The molecule has 2 aromatic heterocycles. The second-order valence-corrected chi connectivity index (χ2v) is 6.02. The topological polar surface area (TPSA) is 64.7 Å². The Morgan fingerprint density at radius 2 is 1.85 bits per heavy atom. The number of aromatic nitrogens is 4.